The molecule has 1 heterocycles. The summed E-state index contributed by atoms with van der Waals surface area (Å²) in [4.78, 5) is 2.44. The Labute approximate surface area is 105 Å². The van der Waals surface area contributed by atoms with Gasteiger partial charge in [-0.05, 0) is 59.5 Å². The van der Waals surface area contributed by atoms with Gasteiger partial charge in [-0.3, -0.25) is 9.08 Å². The predicted octanol–water partition coefficient (Wildman–Crippen LogP) is 1.86. The molecule has 1 saturated heterocycles. The fraction of sp³-hybridized carbons (Fsp3) is 1.00. The van der Waals surface area contributed by atoms with Gasteiger partial charge >= 0.3 is 0 Å². The summed E-state index contributed by atoms with van der Waals surface area (Å²) >= 11 is 0. The molecule has 0 spiro atoms. The van der Waals surface area contributed by atoms with Crippen LogP contribution in [0, 0.1) is 5.92 Å². The van der Waals surface area contributed by atoms with Crippen LogP contribution in [0.5, 0.6) is 0 Å². The molecule has 1 fully saturated rings. The van der Waals surface area contributed by atoms with Crippen molar-refractivity contribution >= 4 is 10.1 Å². The maximum atomic E-state index is 11.1. The smallest absolute Gasteiger partial charge is 0.264 e. The van der Waals surface area contributed by atoms with Gasteiger partial charge in [-0.2, -0.15) is 8.42 Å². The second kappa shape index (κ2) is 5.24. The van der Waals surface area contributed by atoms with Crippen LogP contribution in [-0.4, -0.2) is 44.3 Å². The summed E-state index contributed by atoms with van der Waals surface area (Å²) < 4.78 is 27.2. The van der Waals surface area contributed by atoms with Crippen LogP contribution < -0.4 is 0 Å². The molecule has 0 aromatic heterocycles. The van der Waals surface area contributed by atoms with Gasteiger partial charge in [0.1, 0.15) is 0 Å². The van der Waals surface area contributed by atoms with Crippen molar-refractivity contribution in [2.75, 3.05) is 19.3 Å². The lowest BCUT2D eigenvalue weighted by atomic mass is 9.90. The molecule has 0 aromatic carbocycles. The Balaban J connectivity index is 2.47. The van der Waals surface area contributed by atoms with Crippen LogP contribution in [0.3, 0.4) is 0 Å². The van der Waals surface area contributed by atoms with E-state index in [0.29, 0.717) is 5.92 Å². The summed E-state index contributed by atoms with van der Waals surface area (Å²) in [5.41, 5.74) is 0.200. The lowest BCUT2D eigenvalue weighted by Crippen LogP contribution is -2.47. The van der Waals surface area contributed by atoms with E-state index in [0.717, 1.165) is 32.2 Å². The van der Waals surface area contributed by atoms with E-state index >= 15 is 0 Å². The first-order chi connectivity index (χ1) is 7.59. The number of piperidine rings is 1. The van der Waals surface area contributed by atoms with Crippen molar-refractivity contribution in [1.82, 2.24) is 4.90 Å². The summed E-state index contributed by atoms with van der Waals surface area (Å²) in [6.07, 6.45) is 2.93. The van der Waals surface area contributed by atoms with Crippen LogP contribution in [0.15, 0.2) is 0 Å². The Morgan fingerprint density at radius 3 is 2.06 bits per heavy atom. The Kier molecular flexibility index (Phi) is 4.60. The highest BCUT2D eigenvalue weighted by Crippen LogP contribution is 2.27. The van der Waals surface area contributed by atoms with Crippen molar-refractivity contribution in [2.24, 2.45) is 5.92 Å². The standard InChI is InChI=1S/C12H25NO3S/c1-10(16-17(5,14)15)11-6-8-13(9-7-11)12(2,3)4/h10-11H,6-9H2,1-5H3. The molecule has 5 heteroatoms. The minimum absolute atomic E-state index is 0.200. The topological polar surface area (TPSA) is 46.6 Å². The molecule has 0 aromatic rings. The van der Waals surface area contributed by atoms with Gasteiger partial charge in [0.05, 0.1) is 12.4 Å². The average Bonchev–Trinajstić information content (AvgIpc) is 2.14. The minimum atomic E-state index is -3.33. The summed E-state index contributed by atoms with van der Waals surface area (Å²) in [6.45, 7) is 10.5. The Morgan fingerprint density at radius 1 is 1.24 bits per heavy atom. The third kappa shape index (κ3) is 4.94. The van der Waals surface area contributed by atoms with E-state index in [2.05, 4.69) is 25.7 Å². The van der Waals surface area contributed by atoms with Crippen LogP contribution in [0.4, 0.5) is 0 Å². The number of likely N-dealkylation sites (tertiary alicyclic amines) is 1. The van der Waals surface area contributed by atoms with Crippen molar-refractivity contribution < 1.29 is 12.6 Å². The van der Waals surface area contributed by atoms with Gasteiger partial charge in [-0.15, -0.1) is 0 Å². The lowest BCUT2D eigenvalue weighted by Gasteiger charge is -2.41. The maximum Gasteiger partial charge on any atom is 0.264 e. The Bertz CT molecular complexity index is 337. The molecule has 0 bridgehead atoms. The Hall–Kier alpha value is -0.130. The van der Waals surface area contributed by atoms with Crippen molar-refractivity contribution in [3.05, 3.63) is 0 Å². The van der Waals surface area contributed by atoms with Crippen LogP contribution in [0.25, 0.3) is 0 Å². The molecular weight excluding hydrogens is 238 g/mol. The normalized spacial score (nSPS) is 22.6. The van der Waals surface area contributed by atoms with Crippen LogP contribution >= 0.6 is 0 Å². The third-order valence-electron chi connectivity index (χ3n) is 3.48. The number of hydrogen-bond donors (Lipinski definition) is 0. The molecule has 102 valence electrons. The van der Waals surface area contributed by atoms with Crippen LogP contribution in [0.2, 0.25) is 0 Å². The first kappa shape index (κ1) is 14.9. The van der Waals surface area contributed by atoms with Gasteiger partial charge in [0, 0.05) is 5.54 Å². The van der Waals surface area contributed by atoms with Gasteiger partial charge in [0.2, 0.25) is 0 Å². The summed E-state index contributed by atoms with van der Waals surface area (Å²) in [7, 11) is -3.33. The van der Waals surface area contributed by atoms with Crippen molar-refractivity contribution in [2.45, 2.75) is 52.2 Å². The van der Waals surface area contributed by atoms with Crippen LogP contribution in [0.1, 0.15) is 40.5 Å². The predicted molar refractivity (Wildman–Crippen MR) is 69.4 cm³/mol. The highest BCUT2D eigenvalue weighted by atomic mass is 32.2. The molecule has 1 rings (SSSR count). The number of rotatable bonds is 3. The maximum absolute atomic E-state index is 11.1. The third-order valence-corrected chi connectivity index (χ3v) is 4.13. The molecule has 1 aliphatic heterocycles. The van der Waals surface area contributed by atoms with Gasteiger partial charge in [-0.25, -0.2) is 0 Å². The first-order valence-electron chi connectivity index (χ1n) is 6.23. The second-order valence-corrected chi connectivity index (χ2v) is 7.60. The number of hydrogen-bond acceptors (Lipinski definition) is 4. The van der Waals surface area contributed by atoms with E-state index in [4.69, 9.17) is 4.18 Å². The zero-order valence-electron chi connectivity index (χ0n) is 11.6. The first-order valence-corrected chi connectivity index (χ1v) is 8.04. The minimum Gasteiger partial charge on any atom is -0.298 e. The van der Waals surface area contributed by atoms with E-state index in [1.807, 2.05) is 6.92 Å². The van der Waals surface area contributed by atoms with E-state index in [9.17, 15) is 8.42 Å². The quantitative estimate of drug-likeness (QED) is 0.729. The molecule has 0 aliphatic carbocycles. The molecule has 4 nitrogen and oxygen atoms in total. The molecular formula is C12H25NO3S. The summed E-state index contributed by atoms with van der Waals surface area (Å²) in [6, 6.07) is 0. The molecule has 0 saturated carbocycles. The summed E-state index contributed by atoms with van der Waals surface area (Å²) in [5, 5.41) is 0. The largest absolute Gasteiger partial charge is 0.298 e. The van der Waals surface area contributed by atoms with E-state index < -0.39 is 10.1 Å². The van der Waals surface area contributed by atoms with Crippen molar-refractivity contribution in [3.63, 3.8) is 0 Å². The molecule has 1 atom stereocenters. The molecule has 1 aliphatic rings. The van der Waals surface area contributed by atoms with Gasteiger partial charge in [-0.1, -0.05) is 0 Å². The van der Waals surface area contributed by atoms with Crippen LogP contribution in [-0.2, 0) is 14.3 Å². The fourth-order valence-corrected chi connectivity index (χ4v) is 3.10. The zero-order chi connectivity index (χ0) is 13.3. The SMILES string of the molecule is CC(OS(C)(=O)=O)C1CCN(C(C)(C)C)CC1. The Morgan fingerprint density at radius 2 is 1.71 bits per heavy atom. The van der Waals surface area contributed by atoms with E-state index in [-0.39, 0.29) is 11.6 Å². The van der Waals surface area contributed by atoms with E-state index in [1.165, 1.54) is 0 Å². The van der Waals surface area contributed by atoms with Gasteiger partial charge in [0.25, 0.3) is 10.1 Å². The summed E-state index contributed by atoms with van der Waals surface area (Å²) in [5.74, 6) is 0.350. The molecule has 1 unspecified atom stereocenters. The molecule has 0 N–H and O–H groups in total. The lowest BCUT2D eigenvalue weighted by molar-refractivity contribution is 0.0484. The number of nitrogens with zero attached hydrogens (tertiary/aromatic N) is 1. The molecule has 0 radical (unpaired) electrons. The zero-order valence-corrected chi connectivity index (χ0v) is 12.4. The van der Waals surface area contributed by atoms with Gasteiger partial charge in [0.15, 0.2) is 0 Å². The highest BCUT2D eigenvalue weighted by Gasteiger charge is 2.30. The monoisotopic (exact) mass is 263 g/mol. The van der Waals surface area contributed by atoms with Crippen molar-refractivity contribution in [1.29, 1.82) is 0 Å². The second-order valence-electron chi connectivity index (χ2n) is 6.00. The van der Waals surface area contributed by atoms with E-state index in [1.54, 1.807) is 0 Å². The molecule has 0 amide bonds. The fourth-order valence-electron chi connectivity index (χ4n) is 2.39. The highest BCUT2D eigenvalue weighted by molar-refractivity contribution is 7.86. The van der Waals surface area contributed by atoms with Gasteiger partial charge < -0.3 is 0 Å². The molecule has 17 heavy (non-hydrogen) atoms. The van der Waals surface area contributed by atoms with Crippen molar-refractivity contribution in [3.8, 4) is 0 Å². The average molecular weight is 263 g/mol.